The van der Waals surface area contributed by atoms with Gasteiger partial charge in [0.2, 0.25) is 10.0 Å². The Morgan fingerprint density at radius 2 is 2.14 bits per heavy atom. The molecule has 0 saturated heterocycles. The number of aryl methyl sites for hydroxylation is 2. The van der Waals surface area contributed by atoms with E-state index >= 15 is 0 Å². The lowest BCUT2D eigenvalue weighted by Gasteiger charge is -2.09. The van der Waals surface area contributed by atoms with Crippen LogP contribution in [0.15, 0.2) is 46.3 Å². The Morgan fingerprint density at radius 1 is 1.33 bits per heavy atom. The molecular weight excluding hydrogens is 354 g/mol. The summed E-state index contributed by atoms with van der Waals surface area (Å²) in [5.41, 5.74) is 1.01. The van der Waals surface area contributed by atoms with Crippen LogP contribution in [-0.4, -0.2) is 24.5 Å². The van der Waals surface area contributed by atoms with Gasteiger partial charge in [0.15, 0.2) is 0 Å². The van der Waals surface area contributed by atoms with E-state index in [0.29, 0.717) is 11.0 Å². The highest BCUT2D eigenvalue weighted by Crippen LogP contribution is 2.22. The van der Waals surface area contributed by atoms with Crippen LogP contribution in [0.1, 0.15) is 18.4 Å². The van der Waals surface area contributed by atoms with E-state index in [1.165, 1.54) is 0 Å². The summed E-state index contributed by atoms with van der Waals surface area (Å²) in [6.07, 6.45) is 7.06. The number of rotatable bonds is 7. The molecule has 1 aromatic carbocycles. The minimum atomic E-state index is -3.46. The van der Waals surface area contributed by atoms with Gasteiger partial charge in [0.05, 0.1) is 11.2 Å². The molecule has 0 amide bonds. The number of hydrogen-bond acceptors (Lipinski definition) is 3. The predicted octanol–water partition coefficient (Wildman–Crippen LogP) is 2.71. The van der Waals surface area contributed by atoms with Crippen molar-refractivity contribution < 1.29 is 8.42 Å². The van der Waals surface area contributed by atoms with Crippen molar-refractivity contribution in [2.24, 2.45) is 0 Å². The maximum Gasteiger partial charge on any atom is 0.241 e. The summed E-state index contributed by atoms with van der Waals surface area (Å²) in [5, 5.41) is 0. The summed E-state index contributed by atoms with van der Waals surface area (Å²) in [6.45, 7) is 3.19. The lowest BCUT2D eigenvalue weighted by Crippen LogP contribution is -2.25. The Balaban J connectivity index is 1.84. The molecule has 0 aliphatic rings. The maximum atomic E-state index is 12.2. The number of benzene rings is 1. The molecule has 7 heteroatoms. The Hall–Kier alpha value is -1.18. The SMILES string of the molecule is Cc1ccc(S(=O)(=O)NCCCCn2ccnc2)c(Br)c1. The first-order valence-corrected chi connectivity index (χ1v) is 8.98. The monoisotopic (exact) mass is 371 g/mol. The molecule has 5 nitrogen and oxygen atoms in total. The number of nitrogens with one attached hydrogen (secondary N) is 1. The zero-order valence-electron chi connectivity index (χ0n) is 11.8. The maximum absolute atomic E-state index is 12.2. The van der Waals surface area contributed by atoms with Crippen LogP contribution in [0, 0.1) is 6.92 Å². The van der Waals surface area contributed by atoms with Gasteiger partial charge in [0.1, 0.15) is 0 Å². The third-order valence-electron chi connectivity index (χ3n) is 3.07. The van der Waals surface area contributed by atoms with E-state index in [1.54, 1.807) is 30.7 Å². The summed E-state index contributed by atoms with van der Waals surface area (Å²) < 4.78 is 29.6. The predicted molar refractivity (Wildman–Crippen MR) is 85.5 cm³/mol. The van der Waals surface area contributed by atoms with Gasteiger partial charge in [-0.15, -0.1) is 0 Å². The van der Waals surface area contributed by atoms with Crippen molar-refractivity contribution in [3.8, 4) is 0 Å². The quantitative estimate of drug-likeness (QED) is 0.761. The molecule has 0 bridgehead atoms. The fourth-order valence-corrected chi connectivity index (χ4v) is 4.21. The molecule has 0 radical (unpaired) electrons. The molecule has 0 fully saturated rings. The van der Waals surface area contributed by atoms with E-state index < -0.39 is 10.0 Å². The highest BCUT2D eigenvalue weighted by molar-refractivity contribution is 9.10. The summed E-state index contributed by atoms with van der Waals surface area (Å²) in [7, 11) is -3.46. The number of imidazole rings is 1. The molecule has 0 aliphatic carbocycles. The van der Waals surface area contributed by atoms with Crippen molar-refractivity contribution in [2.45, 2.75) is 31.2 Å². The van der Waals surface area contributed by atoms with Crippen molar-refractivity contribution in [3.05, 3.63) is 47.0 Å². The van der Waals surface area contributed by atoms with Crippen LogP contribution in [-0.2, 0) is 16.6 Å². The second-order valence-corrected chi connectivity index (χ2v) is 7.43. The highest BCUT2D eigenvalue weighted by Gasteiger charge is 2.16. The van der Waals surface area contributed by atoms with Crippen molar-refractivity contribution in [1.29, 1.82) is 0 Å². The van der Waals surface area contributed by atoms with Gasteiger partial charge in [-0.05, 0) is 53.4 Å². The van der Waals surface area contributed by atoms with Crippen LogP contribution in [0.25, 0.3) is 0 Å². The van der Waals surface area contributed by atoms with E-state index in [0.717, 1.165) is 24.9 Å². The molecule has 1 heterocycles. The molecule has 2 rings (SSSR count). The molecule has 114 valence electrons. The lowest BCUT2D eigenvalue weighted by molar-refractivity contribution is 0.565. The lowest BCUT2D eigenvalue weighted by atomic mass is 10.2. The van der Waals surface area contributed by atoms with Gasteiger partial charge in [0.25, 0.3) is 0 Å². The minimum Gasteiger partial charge on any atom is -0.337 e. The zero-order valence-corrected chi connectivity index (χ0v) is 14.2. The van der Waals surface area contributed by atoms with E-state index in [4.69, 9.17) is 0 Å². The van der Waals surface area contributed by atoms with Gasteiger partial charge in [-0.1, -0.05) is 6.07 Å². The number of hydrogen-bond donors (Lipinski definition) is 1. The third kappa shape index (κ3) is 4.66. The molecule has 0 spiro atoms. The van der Waals surface area contributed by atoms with E-state index in [9.17, 15) is 8.42 Å². The van der Waals surface area contributed by atoms with E-state index in [-0.39, 0.29) is 4.90 Å². The Kier molecular flexibility index (Phi) is 5.55. The van der Waals surface area contributed by atoms with Crippen LogP contribution in [0.2, 0.25) is 0 Å². The molecule has 0 atom stereocenters. The number of halogens is 1. The van der Waals surface area contributed by atoms with Gasteiger partial charge in [-0.25, -0.2) is 18.1 Å². The van der Waals surface area contributed by atoms with Gasteiger partial charge in [-0.3, -0.25) is 0 Å². The second-order valence-electron chi connectivity index (χ2n) is 4.84. The van der Waals surface area contributed by atoms with Gasteiger partial charge < -0.3 is 4.57 Å². The van der Waals surface area contributed by atoms with E-state index in [2.05, 4.69) is 25.6 Å². The fourth-order valence-electron chi connectivity index (χ4n) is 1.95. The third-order valence-corrected chi connectivity index (χ3v) is 5.51. The van der Waals surface area contributed by atoms with Gasteiger partial charge in [-0.2, -0.15) is 0 Å². The van der Waals surface area contributed by atoms with Crippen molar-refractivity contribution >= 4 is 26.0 Å². The number of nitrogens with zero attached hydrogens (tertiary/aromatic N) is 2. The molecule has 1 N–H and O–H groups in total. The molecule has 1 aromatic heterocycles. The smallest absolute Gasteiger partial charge is 0.241 e. The van der Waals surface area contributed by atoms with Crippen molar-refractivity contribution in [1.82, 2.24) is 14.3 Å². The molecule has 0 aliphatic heterocycles. The standard InChI is InChI=1S/C14H18BrN3O2S/c1-12-4-5-14(13(15)10-12)21(19,20)17-6-2-3-8-18-9-7-16-11-18/h4-5,7,9-11,17H,2-3,6,8H2,1H3. The summed E-state index contributed by atoms with van der Waals surface area (Å²) in [6, 6.07) is 5.21. The normalized spacial score (nSPS) is 11.7. The fraction of sp³-hybridized carbons (Fsp3) is 0.357. The number of aromatic nitrogens is 2. The van der Waals surface area contributed by atoms with Crippen LogP contribution in [0.4, 0.5) is 0 Å². The number of unbranched alkanes of at least 4 members (excludes halogenated alkanes) is 1. The van der Waals surface area contributed by atoms with Crippen LogP contribution in [0.5, 0.6) is 0 Å². The molecule has 0 saturated carbocycles. The largest absolute Gasteiger partial charge is 0.337 e. The second kappa shape index (κ2) is 7.20. The van der Waals surface area contributed by atoms with Gasteiger partial charge >= 0.3 is 0 Å². The first-order chi connectivity index (χ1) is 9.99. The average Bonchev–Trinajstić information content (AvgIpc) is 2.91. The summed E-state index contributed by atoms with van der Waals surface area (Å²) >= 11 is 3.30. The van der Waals surface area contributed by atoms with Crippen molar-refractivity contribution in [2.75, 3.05) is 6.54 Å². The van der Waals surface area contributed by atoms with E-state index in [1.807, 2.05) is 17.7 Å². The molecule has 0 unspecified atom stereocenters. The summed E-state index contributed by atoms with van der Waals surface area (Å²) in [5.74, 6) is 0. The molecular formula is C14H18BrN3O2S. The highest BCUT2D eigenvalue weighted by atomic mass is 79.9. The average molecular weight is 372 g/mol. The minimum absolute atomic E-state index is 0.280. The molecule has 21 heavy (non-hydrogen) atoms. The van der Waals surface area contributed by atoms with Gasteiger partial charge in [0, 0.05) is 30.0 Å². The Labute approximate surface area is 133 Å². The first kappa shape index (κ1) is 16.2. The topological polar surface area (TPSA) is 64.0 Å². The molecule has 2 aromatic rings. The van der Waals surface area contributed by atoms with Crippen molar-refractivity contribution in [3.63, 3.8) is 0 Å². The Bertz CT molecular complexity index is 684. The Morgan fingerprint density at radius 3 is 2.81 bits per heavy atom. The van der Waals surface area contributed by atoms with Crippen LogP contribution in [0.3, 0.4) is 0 Å². The summed E-state index contributed by atoms with van der Waals surface area (Å²) in [4.78, 5) is 4.24. The first-order valence-electron chi connectivity index (χ1n) is 6.70. The number of sulfonamides is 1. The van der Waals surface area contributed by atoms with Crippen LogP contribution >= 0.6 is 15.9 Å². The zero-order chi connectivity index (χ0) is 15.3. The van der Waals surface area contributed by atoms with Crippen LogP contribution < -0.4 is 4.72 Å².